The molecule has 25 heavy (non-hydrogen) atoms. The Kier molecular flexibility index (Phi) is 5.47. The molecule has 0 aliphatic heterocycles. The standard InChI is InChI=1S/C22H30O2Si/c1-22(2,3)25(20-10-6-4-7-11-20,21-12-8-5-9-13-21)24-19-16-18(17-19)14-15-23/h4-13,18-19,23H,14-17H2,1-3H3. The average Bonchev–Trinajstić information content (AvgIpc) is 2.57. The fourth-order valence-electron chi connectivity index (χ4n) is 4.13. The summed E-state index contributed by atoms with van der Waals surface area (Å²) in [7, 11) is -2.40. The highest BCUT2D eigenvalue weighted by Gasteiger charge is 2.52. The molecule has 0 radical (unpaired) electrons. The van der Waals surface area contributed by atoms with Crippen molar-refractivity contribution >= 4 is 18.7 Å². The quantitative estimate of drug-likeness (QED) is 0.801. The van der Waals surface area contributed by atoms with Crippen LogP contribution in [0.25, 0.3) is 0 Å². The van der Waals surface area contributed by atoms with Gasteiger partial charge in [0.05, 0.1) is 0 Å². The van der Waals surface area contributed by atoms with Gasteiger partial charge in [0.1, 0.15) is 0 Å². The Labute approximate surface area is 153 Å². The van der Waals surface area contributed by atoms with Gasteiger partial charge in [-0.1, -0.05) is 81.4 Å². The zero-order valence-corrected chi connectivity index (χ0v) is 16.6. The summed E-state index contributed by atoms with van der Waals surface area (Å²) in [6, 6.07) is 21.7. The maximum absolute atomic E-state index is 9.17. The van der Waals surface area contributed by atoms with Crippen molar-refractivity contribution in [3.8, 4) is 0 Å². The summed E-state index contributed by atoms with van der Waals surface area (Å²) in [5.41, 5.74) is 0. The van der Waals surface area contributed by atoms with Crippen molar-refractivity contribution < 1.29 is 9.53 Å². The minimum Gasteiger partial charge on any atom is -0.404 e. The van der Waals surface area contributed by atoms with Crippen LogP contribution < -0.4 is 10.4 Å². The third-order valence-corrected chi connectivity index (χ3v) is 10.6. The van der Waals surface area contributed by atoms with Crippen molar-refractivity contribution in [1.29, 1.82) is 0 Å². The van der Waals surface area contributed by atoms with Crippen LogP contribution in [0.3, 0.4) is 0 Å². The Hall–Kier alpha value is -1.42. The molecule has 0 saturated heterocycles. The molecule has 134 valence electrons. The molecule has 0 bridgehead atoms. The van der Waals surface area contributed by atoms with E-state index in [1.807, 2.05) is 0 Å². The van der Waals surface area contributed by atoms with E-state index in [0.717, 1.165) is 19.3 Å². The van der Waals surface area contributed by atoms with E-state index in [-0.39, 0.29) is 11.6 Å². The van der Waals surface area contributed by atoms with E-state index < -0.39 is 8.32 Å². The lowest BCUT2D eigenvalue weighted by atomic mass is 9.80. The molecule has 0 amide bonds. The third kappa shape index (κ3) is 3.59. The van der Waals surface area contributed by atoms with E-state index in [9.17, 15) is 5.11 Å². The molecule has 2 nitrogen and oxygen atoms in total. The summed E-state index contributed by atoms with van der Waals surface area (Å²) in [6.45, 7) is 7.26. The molecule has 3 rings (SSSR count). The van der Waals surface area contributed by atoms with Gasteiger partial charge in [0.15, 0.2) is 0 Å². The number of rotatable bonds is 6. The van der Waals surface area contributed by atoms with E-state index in [1.54, 1.807) is 0 Å². The van der Waals surface area contributed by atoms with Gasteiger partial charge in [0, 0.05) is 12.7 Å². The topological polar surface area (TPSA) is 29.5 Å². The number of aliphatic hydroxyl groups excluding tert-OH is 1. The van der Waals surface area contributed by atoms with Gasteiger partial charge < -0.3 is 9.53 Å². The van der Waals surface area contributed by atoms with Gasteiger partial charge >= 0.3 is 0 Å². The fraction of sp³-hybridized carbons (Fsp3) is 0.455. The molecular formula is C22H30O2Si. The summed E-state index contributed by atoms with van der Waals surface area (Å²) in [5.74, 6) is 0.619. The minimum atomic E-state index is -2.40. The van der Waals surface area contributed by atoms with E-state index in [1.165, 1.54) is 10.4 Å². The minimum absolute atomic E-state index is 0.0395. The predicted octanol–water partition coefficient (Wildman–Crippen LogP) is 3.72. The molecule has 2 aromatic rings. The summed E-state index contributed by atoms with van der Waals surface area (Å²) in [4.78, 5) is 0. The van der Waals surface area contributed by atoms with Gasteiger partial charge in [0.25, 0.3) is 8.32 Å². The molecule has 0 atom stereocenters. The molecule has 3 heteroatoms. The molecule has 0 spiro atoms. The molecule has 0 aromatic heterocycles. The molecule has 2 aromatic carbocycles. The van der Waals surface area contributed by atoms with Gasteiger partial charge in [-0.3, -0.25) is 0 Å². The van der Waals surface area contributed by atoms with Crippen molar-refractivity contribution in [3.05, 3.63) is 60.7 Å². The first kappa shape index (κ1) is 18.4. The number of benzene rings is 2. The second-order valence-electron chi connectivity index (χ2n) is 8.25. The van der Waals surface area contributed by atoms with E-state index >= 15 is 0 Å². The summed E-state index contributed by atoms with van der Waals surface area (Å²) < 4.78 is 7.04. The van der Waals surface area contributed by atoms with Gasteiger partial charge in [-0.2, -0.15) is 0 Å². The Morgan fingerprint density at radius 2 is 1.40 bits per heavy atom. The molecule has 1 fully saturated rings. The maximum atomic E-state index is 9.17. The normalized spacial score (nSPS) is 21.0. The monoisotopic (exact) mass is 354 g/mol. The SMILES string of the molecule is CC(C)(C)[Si](OC1CC(CCO)C1)(c1ccccc1)c1ccccc1. The van der Waals surface area contributed by atoms with Crippen LogP contribution in [-0.2, 0) is 4.43 Å². The first-order valence-electron chi connectivity index (χ1n) is 9.37. The lowest BCUT2D eigenvalue weighted by Gasteiger charge is -2.48. The van der Waals surface area contributed by atoms with Crippen LogP contribution in [0.4, 0.5) is 0 Å². The summed E-state index contributed by atoms with van der Waals surface area (Å²) in [6.07, 6.45) is 3.36. The fourth-order valence-corrected chi connectivity index (χ4v) is 8.84. The Bertz CT molecular complexity index is 618. The number of hydrogen-bond donors (Lipinski definition) is 1. The van der Waals surface area contributed by atoms with Crippen molar-refractivity contribution in [3.63, 3.8) is 0 Å². The molecular weight excluding hydrogens is 324 g/mol. The van der Waals surface area contributed by atoms with Crippen LogP contribution in [0, 0.1) is 5.92 Å². The van der Waals surface area contributed by atoms with E-state index in [2.05, 4.69) is 81.4 Å². The van der Waals surface area contributed by atoms with Gasteiger partial charge in [-0.05, 0) is 40.6 Å². The van der Waals surface area contributed by atoms with Crippen LogP contribution in [0.2, 0.25) is 5.04 Å². The van der Waals surface area contributed by atoms with Crippen molar-refractivity contribution in [2.75, 3.05) is 6.61 Å². The molecule has 0 unspecified atom stereocenters. The highest BCUT2D eigenvalue weighted by atomic mass is 28.4. The Morgan fingerprint density at radius 3 is 1.80 bits per heavy atom. The van der Waals surface area contributed by atoms with Crippen molar-refractivity contribution in [2.24, 2.45) is 5.92 Å². The molecule has 1 N–H and O–H groups in total. The predicted molar refractivity (Wildman–Crippen MR) is 107 cm³/mol. The first-order valence-corrected chi connectivity index (χ1v) is 11.3. The number of hydrogen-bond acceptors (Lipinski definition) is 2. The number of aliphatic hydroxyl groups is 1. The average molecular weight is 355 g/mol. The van der Waals surface area contributed by atoms with E-state index in [4.69, 9.17) is 4.43 Å². The van der Waals surface area contributed by atoms with Gasteiger partial charge in [-0.15, -0.1) is 0 Å². The smallest absolute Gasteiger partial charge is 0.261 e. The maximum Gasteiger partial charge on any atom is 0.261 e. The third-order valence-electron chi connectivity index (χ3n) is 5.49. The van der Waals surface area contributed by atoms with Gasteiger partial charge in [-0.25, -0.2) is 0 Å². The highest BCUT2D eigenvalue weighted by molar-refractivity contribution is 6.99. The molecule has 1 saturated carbocycles. The molecule has 1 aliphatic carbocycles. The second kappa shape index (κ2) is 7.44. The molecule has 0 heterocycles. The van der Waals surface area contributed by atoms with Crippen LogP contribution in [0.15, 0.2) is 60.7 Å². The van der Waals surface area contributed by atoms with Crippen LogP contribution in [0.5, 0.6) is 0 Å². The first-order chi connectivity index (χ1) is 12.0. The van der Waals surface area contributed by atoms with Crippen molar-refractivity contribution in [1.82, 2.24) is 0 Å². The Balaban J connectivity index is 2.01. The summed E-state index contributed by atoms with van der Waals surface area (Å²) in [5, 5.41) is 11.9. The van der Waals surface area contributed by atoms with Crippen LogP contribution >= 0.6 is 0 Å². The highest BCUT2D eigenvalue weighted by Crippen LogP contribution is 2.42. The van der Waals surface area contributed by atoms with E-state index in [0.29, 0.717) is 12.0 Å². The zero-order chi connectivity index (χ0) is 17.9. The van der Waals surface area contributed by atoms with Crippen LogP contribution in [-0.4, -0.2) is 26.1 Å². The summed E-state index contributed by atoms with van der Waals surface area (Å²) >= 11 is 0. The van der Waals surface area contributed by atoms with Crippen molar-refractivity contribution in [2.45, 2.75) is 51.2 Å². The molecule has 1 aliphatic rings. The lowest BCUT2D eigenvalue weighted by molar-refractivity contribution is 0.0436. The zero-order valence-electron chi connectivity index (χ0n) is 15.6. The largest absolute Gasteiger partial charge is 0.404 e. The van der Waals surface area contributed by atoms with Crippen LogP contribution in [0.1, 0.15) is 40.0 Å². The second-order valence-corrected chi connectivity index (χ2v) is 12.5. The lowest BCUT2D eigenvalue weighted by Crippen LogP contribution is -2.68. The Morgan fingerprint density at radius 1 is 0.920 bits per heavy atom. The van der Waals surface area contributed by atoms with Gasteiger partial charge in [0.2, 0.25) is 0 Å².